The molecule has 0 fully saturated rings. The fourth-order valence-electron chi connectivity index (χ4n) is 2.43. The van der Waals surface area contributed by atoms with Crippen LogP contribution in [0.15, 0.2) is 52.7 Å². The highest BCUT2D eigenvalue weighted by molar-refractivity contribution is 7.92. The van der Waals surface area contributed by atoms with Gasteiger partial charge in [-0.15, -0.1) is 0 Å². The maximum atomic E-state index is 11.7. The highest BCUT2D eigenvalue weighted by Gasteiger charge is 2.21. The molecule has 0 radical (unpaired) electrons. The van der Waals surface area contributed by atoms with Crippen molar-refractivity contribution in [3.8, 4) is 11.1 Å². The first-order valence-corrected chi connectivity index (χ1v) is 9.38. The quantitative estimate of drug-likeness (QED) is 0.784. The van der Waals surface area contributed by atoms with Crippen LogP contribution in [0, 0.1) is 0 Å². The minimum absolute atomic E-state index is 0.206. The van der Waals surface area contributed by atoms with Crippen LogP contribution >= 0.6 is 0 Å². The van der Waals surface area contributed by atoms with E-state index >= 15 is 0 Å². The van der Waals surface area contributed by atoms with Gasteiger partial charge in [0.25, 0.3) is 0 Å². The van der Waals surface area contributed by atoms with Crippen LogP contribution in [0.5, 0.6) is 0 Å². The summed E-state index contributed by atoms with van der Waals surface area (Å²) in [5.74, 6) is -0.206. The van der Waals surface area contributed by atoms with Crippen LogP contribution in [0.25, 0.3) is 11.1 Å². The van der Waals surface area contributed by atoms with Gasteiger partial charge in [0.1, 0.15) is 6.20 Å². The van der Waals surface area contributed by atoms with E-state index in [1.807, 2.05) is 12.1 Å². The van der Waals surface area contributed by atoms with Gasteiger partial charge in [-0.05, 0) is 33.9 Å². The number of amides is 1. The topological polar surface area (TPSA) is 97.1 Å². The molecule has 8 nitrogen and oxygen atoms in total. The Morgan fingerprint density at radius 2 is 2.00 bits per heavy atom. The molecule has 0 spiro atoms. The lowest BCUT2D eigenvalue weighted by Gasteiger charge is -2.17. The zero-order chi connectivity index (χ0) is 18.2. The number of fused-ring (bicyclic) bond motifs is 1. The molecule has 1 aromatic carbocycles. The Morgan fingerprint density at radius 3 is 2.68 bits per heavy atom. The molecule has 1 N–H and O–H groups in total. The number of rotatable bonds is 4. The van der Waals surface area contributed by atoms with Crippen LogP contribution in [0.1, 0.15) is 6.92 Å². The van der Waals surface area contributed by atoms with Gasteiger partial charge in [0.2, 0.25) is 15.9 Å². The molecule has 1 aliphatic heterocycles. The number of carbonyl (C=O) groups excluding carboxylic acids is 1. The SMILES string of the molecule is CC(=O)NC1N=c2ccc(-c3cccc(N(C)S(C)(=O)=O)c3)c[n+]2=N1. The molecule has 1 atom stereocenters. The Balaban J connectivity index is 1.98. The van der Waals surface area contributed by atoms with Crippen molar-refractivity contribution in [1.29, 1.82) is 0 Å². The average Bonchev–Trinajstić information content (AvgIpc) is 2.93. The first kappa shape index (κ1) is 17.0. The maximum absolute atomic E-state index is 11.7. The molecule has 0 saturated carbocycles. The van der Waals surface area contributed by atoms with Gasteiger partial charge in [0.05, 0.1) is 11.9 Å². The lowest BCUT2D eigenvalue weighted by molar-refractivity contribution is -0.559. The third kappa shape index (κ3) is 3.66. The van der Waals surface area contributed by atoms with E-state index in [-0.39, 0.29) is 5.91 Å². The summed E-state index contributed by atoms with van der Waals surface area (Å²) in [5, 5.41) is 6.91. The van der Waals surface area contributed by atoms with Crippen LogP contribution < -0.4 is 19.5 Å². The number of sulfonamides is 1. The standard InChI is InChI=1S/C16H17N5O3S/c1-11(22)17-16-18-15-8-7-13(10-21(15)19-16)12-5-4-6-14(9-12)20(2)25(3,23)24/h4-10,16H,1-3H3/p+1. The van der Waals surface area contributed by atoms with Crippen molar-refractivity contribution in [3.05, 3.63) is 48.1 Å². The lowest BCUT2D eigenvalue weighted by atomic mass is 10.1. The molecule has 2 heterocycles. The predicted octanol–water partition coefficient (Wildman–Crippen LogP) is 0.122. The number of aromatic nitrogens is 1. The molecule has 25 heavy (non-hydrogen) atoms. The van der Waals surface area contributed by atoms with E-state index in [0.29, 0.717) is 11.2 Å². The van der Waals surface area contributed by atoms with Gasteiger partial charge in [-0.3, -0.25) is 14.4 Å². The molecule has 130 valence electrons. The molecule has 1 amide bonds. The van der Waals surface area contributed by atoms with Crippen LogP contribution in [0.3, 0.4) is 0 Å². The number of benzene rings is 1. The molecular weight excluding hydrogens is 342 g/mol. The van der Waals surface area contributed by atoms with Crippen molar-refractivity contribution in [3.63, 3.8) is 0 Å². The Bertz CT molecular complexity index is 1070. The molecule has 0 saturated heterocycles. The smallest absolute Gasteiger partial charge is 0.293 e. The van der Waals surface area contributed by atoms with E-state index in [1.165, 1.54) is 18.3 Å². The van der Waals surface area contributed by atoms with E-state index in [9.17, 15) is 13.2 Å². The van der Waals surface area contributed by atoms with Crippen molar-refractivity contribution in [1.82, 2.24) is 5.32 Å². The van der Waals surface area contributed by atoms with E-state index < -0.39 is 16.3 Å². The van der Waals surface area contributed by atoms with E-state index in [0.717, 1.165) is 17.4 Å². The van der Waals surface area contributed by atoms with Gasteiger partial charge in [0.15, 0.2) is 0 Å². The number of pyridine rings is 1. The average molecular weight is 360 g/mol. The fraction of sp³-hybridized carbons (Fsp3) is 0.250. The normalized spacial score (nSPS) is 15.7. The van der Waals surface area contributed by atoms with Crippen molar-refractivity contribution in [2.45, 2.75) is 13.2 Å². The summed E-state index contributed by atoms with van der Waals surface area (Å²) in [4.78, 5) is 15.4. The number of hydrogen-bond donors (Lipinski definition) is 1. The van der Waals surface area contributed by atoms with Crippen LogP contribution in [-0.4, -0.2) is 33.9 Å². The van der Waals surface area contributed by atoms with Gasteiger partial charge in [-0.1, -0.05) is 16.5 Å². The summed E-state index contributed by atoms with van der Waals surface area (Å²) in [7, 11) is -1.82. The molecule has 0 aliphatic carbocycles. The molecule has 1 unspecified atom stereocenters. The molecule has 9 heteroatoms. The Kier molecular flexibility index (Phi) is 4.25. The van der Waals surface area contributed by atoms with Gasteiger partial charge >= 0.3 is 11.8 Å². The number of hydrogen-bond acceptors (Lipinski definition) is 5. The summed E-state index contributed by atoms with van der Waals surface area (Å²) < 4.78 is 26.3. The minimum atomic E-state index is -3.33. The van der Waals surface area contributed by atoms with E-state index in [2.05, 4.69) is 15.4 Å². The van der Waals surface area contributed by atoms with Gasteiger partial charge < -0.3 is 0 Å². The fourth-order valence-corrected chi connectivity index (χ4v) is 2.93. The van der Waals surface area contributed by atoms with Gasteiger partial charge in [0, 0.05) is 25.6 Å². The Morgan fingerprint density at radius 1 is 1.24 bits per heavy atom. The number of carbonyl (C=O) groups is 1. The molecular formula is C16H18N5O3S+. The van der Waals surface area contributed by atoms with Crippen molar-refractivity contribution in [2.24, 2.45) is 10.1 Å². The van der Waals surface area contributed by atoms with Crippen molar-refractivity contribution < 1.29 is 17.6 Å². The molecule has 3 rings (SSSR count). The number of anilines is 1. The first-order valence-electron chi connectivity index (χ1n) is 7.53. The summed E-state index contributed by atoms with van der Waals surface area (Å²) in [6.07, 6.45) is 2.32. The monoisotopic (exact) mass is 360 g/mol. The second-order valence-electron chi connectivity index (χ2n) is 5.72. The van der Waals surface area contributed by atoms with Gasteiger partial charge in [-0.25, -0.2) is 8.42 Å². The van der Waals surface area contributed by atoms with Crippen LogP contribution in [0.2, 0.25) is 0 Å². The maximum Gasteiger partial charge on any atom is 0.347 e. The third-order valence-corrected chi connectivity index (χ3v) is 4.98. The minimum Gasteiger partial charge on any atom is -0.293 e. The second-order valence-corrected chi connectivity index (χ2v) is 7.73. The third-order valence-electron chi connectivity index (χ3n) is 3.77. The zero-order valence-corrected chi connectivity index (χ0v) is 14.9. The van der Waals surface area contributed by atoms with E-state index in [4.69, 9.17) is 0 Å². The Hall–Kier alpha value is -2.81. The highest BCUT2D eigenvalue weighted by atomic mass is 32.2. The summed E-state index contributed by atoms with van der Waals surface area (Å²) >= 11 is 0. The summed E-state index contributed by atoms with van der Waals surface area (Å²) in [5.41, 5.74) is 2.91. The molecule has 1 aliphatic rings. The second kappa shape index (κ2) is 6.25. The van der Waals surface area contributed by atoms with Crippen LogP contribution in [0.4, 0.5) is 5.69 Å². The number of nitrogens with zero attached hydrogens (tertiary/aromatic N) is 4. The van der Waals surface area contributed by atoms with Crippen molar-refractivity contribution in [2.75, 3.05) is 17.6 Å². The lowest BCUT2D eigenvalue weighted by Crippen LogP contribution is -2.33. The zero-order valence-electron chi connectivity index (χ0n) is 14.0. The largest absolute Gasteiger partial charge is 0.347 e. The van der Waals surface area contributed by atoms with E-state index in [1.54, 1.807) is 34.8 Å². The predicted molar refractivity (Wildman–Crippen MR) is 91.9 cm³/mol. The first-order chi connectivity index (χ1) is 11.7. The van der Waals surface area contributed by atoms with Crippen LogP contribution in [-0.2, 0) is 14.8 Å². The highest BCUT2D eigenvalue weighted by Crippen LogP contribution is 2.24. The Labute approximate surface area is 145 Å². The van der Waals surface area contributed by atoms with Gasteiger partial charge in [-0.2, -0.15) is 0 Å². The summed E-state index contributed by atoms with van der Waals surface area (Å²) in [6, 6.07) is 10.9. The molecule has 1 aromatic heterocycles. The summed E-state index contributed by atoms with van der Waals surface area (Å²) in [6.45, 7) is 1.41. The molecule has 2 aromatic rings. The molecule has 0 bridgehead atoms. The van der Waals surface area contributed by atoms with Crippen molar-refractivity contribution >= 4 is 21.6 Å². The number of nitrogens with one attached hydrogen (secondary N) is 1.